The lowest BCUT2D eigenvalue weighted by molar-refractivity contribution is 0.221. The molecule has 0 fully saturated rings. The normalized spacial score (nSPS) is 10.3. The average Bonchev–Trinajstić information content (AvgIpc) is 2.86. The maximum absolute atomic E-state index is 12.0. The third kappa shape index (κ3) is 3.72. The number of anilines is 1. The van der Waals surface area contributed by atoms with Crippen LogP contribution in [0.3, 0.4) is 0 Å². The first-order valence-electron chi connectivity index (χ1n) is 5.85. The molecule has 1 heterocycles. The van der Waals surface area contributed by atoms with Crippen LogP contribution in [0.5, 0.6) is 0 Å². The van der Waals surface area contributed by atoms with Crippen molar-refractivity contribution in [3.05, 3.63) is 51.2 Å². The number of urea groups is 1. The predicted molar refractivity (Wildman–Crippen MR) is 81.0 cm³/mol. The van der Waals surface area contributed by atoms with Crippen molar-refractivity contribution in [1.82, 2.24) is 4.90 Å². The summed E-state index contributed by atoms with van der Waals surface area (Å²) in [6.07, 6.45) is 0. The van der Waals surface area contributed by atoms with Crippen LogP contribution in [0.15, 0.2) is 35.0 Å². The van der Waals surface area contributed by atoms with Gasteiger partial charge in [0.1, 0.15) is 0 Å². The molecule has 0 aliphatic carbocycles. The first-order valence-corrected chi connectivity index (χ1v) is 7.17. The minimum atomic E-state index is -0.147. The van der Waals surface area contributed by atoms with E-state index in [-0.39, 0.29) is 6.03 Å². The summed E-state index contributed by atoms with van der Waals surface area (Å²) >= 11 is 7.65. The molecule has 3 nitrogen and oxygen atoms in total. The first-order chi connectivity index (χ1) is 9.06. The standard InChI is InChI=1S/C14H15ClN2OS/c1-10-3-4-12(7-13(10)15)16-14(18)17(2)8-11-5-6-19-9-11/h3-7,9H,8H2,1-2H3,(H,16,18). The van der Waals surface area contributed by atoms with Crippen LogP contribution in [0.1, 0.15) is 11.1 Å². The number of aryl methyl sites for hydroxylation is 1. The number of benzene rings is 1. The monoisotopic (exact) mass is 294 g/mol. The molecular weight excluding hydrogens is 280 g/mol. The smallest absolute Gasteiger partial charge is 0.321 e. The van der Waals surface area contributed by atoms with Crippen LogP contribution in [-0.4, -0.2) is 18.0 Å². The van der Waals surface area contributed by atoms with Gasteiger partial charge in [0, 0.05) is 24.3 Å². The molecule has 2 rings (SSSR count). The van der Waals surface area contributed by atoms with Crippen molar-refractivity contribution in [1.29, 1.82) is 0 Å². The molecule has 0 saturated carbocycles. The summed E-state index contributed by atoms with van der Waals surface area (Å²) in [4.78, 5) is 13.6. The lowest BCUT2D eigenvalue weighted by atomic mass is 10.2. The lowest BCUT2D eigenvalue weighted by Gasteiger charge is -2.17. The Balaban J connectivity index is 1.98. The summed E-state index contributed by atoms with van der Waals surface area (Å²) in [6.45, 7) is 2.52. The second-order valence-electron chi connectivity index (χ2n) is 4.38. The Kier molecular flexibility index (Phi) is 4.45. The van der Waals surface area contributed by atoms with Crippen molar-refractivity contribution in [3.8, 4) is 0 Å². The summed E-state index contributed by atoms with van der Waals surface area (Å²) in [6, 6.07) is 7.35. The van der Waals surface area contributed by atoms with E-state index in [2.05, 4.69) is 5.32 Å². The van der Waals surface area contributed by atoms with Gasteiger partial charge in [0.2, 0.25) is 0 Å². The number of hydrogen-bond acceptors (Lipinski definition) is 2. The number of carbonyl (C=O) groups is 1. The van der Waals surface area contributed by atoms with Gasteiger partial charge >= 0.3 is 6.03 Å². The quantitative estimate of drug-likeness (QED) is 0.895. The Morgan fingerprint density at radius 2 is 2.21 bits per heavy atom. The highest BCUT2D eigenvalue weighted by atomic mass is 35.5. The van der Waals surface area contributed by atoms with Gasteiger partial charge in [0.05, 0.1) is 0 Å². The molecule has 0 spiro atoms. The zero-order valence-electron chi connectivity index (χ0n) is 10.8. The maximum atomic E-state index is 12.0. The molecule has 19 heavy (non-hydrogen) atoms. The van der Waals surface area contributed by atoms with Crippen LogP contribution in [0.25, 0.3) is 0 Å². The van der Waals surface area contributed by atoms with Crippen molar-refractivity contribution in [2.45, 2.75) is 13.5 Å². The highest BCUT2D eigenvalue weighted by Gasteiger charge is 2.10. The van der Waals surface area contributed by atoms with Crippen LogP contribution < -0.4 is 5.32 Å². The largest absolute Gasteiger partial charge is 0.323 e. The van der Waals surface area contributed by atoms with Gasteiger partial charge in [-0.05, 0) is 47.0 Å². The SMILES string of the molecule is Cc1ccc(NC(=O)N(C)Cc2ccsc2)cc1Cl. The zero-order valence-corrected chi connectivity index (χ0v) is 12.4. The molecule has 1 aromatic carbocycles. The average molecular weight is 295 g/mol. The van der Waals surface area contributed by atoms with Gasteiger partial charge in [-0.1, -0.05) is 17.7 Å². The third-order valence-electron chi connectivity index (χ3n) is 2.77. The minimum absolute atomic E-state index is 0.147. The summed E-state index contributed by atoms with van der Waals surface area (Å²) in [5.41, 5.74) is 2.83. The van der Waals surface area contributed by atoms with Crippen LogP contribution in [0.2, 0.25) is 5.02 Å². The zero-order chi connectivity index (χ0) is 13.8. The van der Waals surface area contributed by atoms with Crippen molar-refractivity contribution in [2.24, 2.45) is 0 Å². The minimum Gasteiger partial charge on any atom is -0.323 e. The number of amides is 2. The van der Waals surface area contributed by atoms with Gasteiger partial charge < -0.3 is 10.2 Å². The molecule has 1 N–H and O–H groups in total. The topological polar surface area (TPSA) is 32.3 Å². The molecule has 0 radical (unpaired) electrons. The second kappa shape index (κ2) is 6.08. The fourth-order valence-corrected chi connectivity index (χ4v) is 2.46. The number of carbonyl (C=O) groups excluding carboxylic acids is 1. The number of hydrogen-bond donors (Lipinski definition) is 1. The molecule has 0 bridgehead atoms. The Labute approximate surface area is 121 Å². The highest BCUT2D eigenvalue weighted by Crippen LogP contribution is 2.20. The molecule has 0 saturated heterocycles. The lowest BCUT2D eigenvalue weighted by Crippen LogP contribution is -2.30. The summed E-state index contributed by atoms with van der Waals surface area (Å²) in [5.74, 6) is 0. The third-order valence-corrected chi connectivity index (χ3v) is 3.91. The molecule has 0 atom stereocenters. The van der Waals surface area contributed by atoms with Gasteiger partial charge in [-0.15, -0.1) is 0 Å². The Morgan fingerprint density at radius 1 is 1.42 bits per heavy atom. The van der Waals surface area contributed by atoms with E-state index in [4.69, 9.17) is 11.6 Å². The van der Waals surface area contributed by atoms with E-state index in [1.165, 1.54) is 0 Å². The van der Waals surface area contributed by atoms with Gasteiger partial charge in [-0.2, -0.15) is 11.3 Å². The van der Waals surface area contributed by atoms with Crippen molar-refractivity contribution < 1.29 is 4.79 Å². The van der Waals surface area contributed by atoms with Crippen LogP contribution in [0.4, 0.5) is 10.5 Å². The fraction of sp³-hybridized carbons (Fsp3) is 0.214. The molecule has 0 aliphatic heterocycles. The van der Waals surface area contributed by atoms with Crippen molar-refractivity contribution in [3.63, 3.8) is 0 Å². The Bertz CT molecular complexity index is 569. The number of nitrogens with zero attached hydrogens (tertiary/aromatic N) is 1. The molecule has 2 amide bonds. The fourth-order valence-electron chi connectivity index (χ4n) is 1.62. The van der Waals surface area contributed by atoms with Gasteiger partial charge in [0.15, 0.2) is 0 Å². The van der Waals surface area contributed by atoms with E-state index in [0.717, 1.165) is 11.1 Å². The molecule has 100 valence electrons. The molecule has 5 heteroatoms. The number of thiophene rings is 1. The van der Waals surface area contributed by atoms with E-state index in [9.17, 15) is 4.79 Å². The highest BCUT2D eigenvalue weighted by molar-refractivity contribution is 7.07. The first kappa shape index (κ1) is 13.9. The van der Waals surface area contributed by atoms with E-state index < -0.39 is 0 Å². The van der Waals surface area contributed by atoms with Crippen molar-refractivity contribution >= 4 is 34.7 Å². The Hall–Kier alpha value is -1.52. The molecule has 1 aromatic heterocycles. The Morgan fingerprint density at radius 3 is 2.84 bits per heavy atom. The molecular formula is C14H15ClN2OS. The number of rotatable bonds is 3. The molecule has 0 aliphatic rings. The predicted octanol–water partition coefficient (Wildman–Crippen LogP) is 4.37. The van der Waals surface area contributed by atoms with Gasteiger partial charge in [0.25, 0.3) is 0 Å². The van der Waals surface area contributed by atoms with Crippen LogP contribution in [0, 0.1) is 6.92 Å². The van der Waals surface area contributed by atoms with E-state index in [1.807, 2.05) is 35.9 Å². The van der Waals surface area contributed by atoms with E-state index >= 15 is 0 Å². The van der Waals surface area contributed by atoms with Crippen molar-refractivity contribution in [2.75, 3.05) is 12.4 Å². The second-order valence-corrected chi connectivity index (χ2v) is 5.57. The summed E-state index contributed by atoms with van der Waals surface area (Å²) in [7, 11) is 1.77. The van der Waals surface area contributed by atoms with Crippen LogP contribution in [-0.2, 0) is 6.54 Å². The maximum Gasteiger partial charge on any atom is 0.321 e. The van der Waals surface area contributed by atoms with Crippen LogP contribution >= 0.6 is 22.9 Å². The summed E-state index contributed by atoms with van der Waals surface area (Å²) < 4.78 is 0. The van der Waals surface area contributed by atoms with Gasteiger partial charge in [-0.3, -0.25) is 0 Å². The van der Waals surface area contributed by atoms with E-state index in [0.29, 0.717) is 17.3 Å². The van der Waals surface area contributed by atoms with E-state index in [1.54, 1.807) is 29.4 Å². The molecule has 0 unspecified atom stereocenters. The number of halogens is 1. The number of nitrogens with one attached hydrogen (secondary N) is 1. The van der Waals surface area contributed by atoms with Gasteiger partial charge in [-0.25, -0.2) is 4.79 Å². The molecule has 2 aromatic rings. The summed E-state index contributed by atoms with van der Waals surface area (Å²) in [5, 5.41) is 7.51.